The van der Waals surface area contributed by atoms with E-state index in [2.05, 4.69) is 10.2 Å². The Morgan fingerprint density at radius 1 is 1.37 bits per heavy atom. The lowest BCUT2D eigenvalue weighted by Crippen LogP contribution is -2.51. The normalized spacial score (nSPS) is 24.1. The van der Waals surface area contributed by atoms with Gasteiger partial charge in [0.25, 0.3) is 0 Å². The molecule has 2 aliphatic rings. The summed E-state index contributed by atoms with van der Waals surface area (Å²) in [7, 11) is 1.78. The second kappa shape index (κ2) is 6.65. The first-order valence-corrected chi connectivity index (χ1v) is 7.06. The third kappa shape index (κ3) is 4.42. The topological polar surface area (TPSA) is 65.0 Å². The largest absolute Gasteiger partial charge is 0.388 e. The first-order valence-electron chi connectivity index (χ1n) is 7.06. The monoisotopic (exact) mass is 271 g/mol. The molecule has 0 aliphatic carbocycles. The number of piperazine rings is 1. The van der Waals surface area contributed by atoms with Gasteiger partial charge in [-0.2, -0.15) is 0 Å². The Balaban J connectivity index is 1.77. The van der Waals surface area contributed by atoms with E-state index in [-0.39, 0.29) is 5.91 Å². The molecular formula is C13H25N3O3. The molecule has 1 amide bonds. The summed E-state index contributed by atoms with van der Waals surface area (Å²) in [5.41, 5.74) is -0.772. The van der Waals surface area contributed by atoms with Crippen LogP contribution in [0.4, 0.5) is 0 Å². The number of nitrogens with zero attached hydrogens (tertiary/aromatic N) is 2. The van der Waals surface area contributed by atoms with Crippen molar-refractivity contribution in [3.05, 3.63) is 0 Å². The second-order valence-corrected chi connectivity index (χ2v) is 5.61. The van der Waals surface area contributed by atoms with E-state index in [0.717, 1.165) is 26.2 Å². The van der Waals surface area contributed by atoms with Crippen LogP contribution in [0.1, 0.15) is 12.8 Å². The Labute approximate surface area is 114 Å². The average Bonchev–Trinajstić information content (AvgIpc) is 2.40. The SMILES string of the molecule is CN(CC1(O)CCOCC1)C(=O)CN1CCNCC1. The minimum Gasteiger partial charge on any atom is -0.388 e. The second-order valence-electron chi connectivity index (χ2n) is 5.61. The maximum atomic E-state index is 12.1. The van der Waals surface area contributed by atoms with Crippen LogP contribution in [0.3, 0.4) is 0 Å². The minimum atomic E-state index is -0.772. The lowest BCUT2D eigenvalue weighted by atomic mass is 9.94. The van der Waals surface area contributed by atoms with Gasteiger partial charge < -0.3 is 20.1 Å². The van der Waals surface area contributed by atoms with Gasteiger partial charge in [0, 0.05) is 65.8 Å². The van der Waals surface area contributed by atoms with Crippen LogP contribution in [0.25, 0.3) is 0 Å². The summed E-state index contributed by atoms with van der Waals surface area (Å²) in [5, 5.41) is 13.7. The zero-order valence-electron chi connectivity index (χ0n) is 11.7. The lowest BCUT2D eigenvalue weighted by molar-refractivity contribution is -0.138. The van der Waals surface area contributed by atoms with Crippen molar-refractivity contribution in [2.24, 2.45) is 0 Å². The number of aliphatic hydroxyl groups is 1. The Morgan fingerprint density at radius 2 is 2.00 bits per heavy atom. The van der Waals surface area contributed by atoms with Gasteiger partial charge in [-0.05, 0) is 0 Å². The molecule has 0 aromatic carbocycles. The quantitative estimate of drug-likeness (QED) is 0.679. The Hall–Kier alpha value is -0.690. The third-order valence-electron chi connectivity index (χ3n) is 3.95. The fraction of sp³-hybridized carbons (Fsp3) is 0.923. The van der Waals surface area contributed by atoms with Crippen molar-refractivity contribution in [2.75, 3.05) is 59.5 Å². The molecule has 2 saturated heterocycles. The number of hydrogen-bond acceptors (Lipinski definition) is 5. The number of nitrogens with one attached hydrogen (secondary N) is 1. The molecule has 0 radical (unpaired) electrons. The molecule has 2 rings (SSSR count). The van der Waals surface area contributed by atoms with E-state index in [0.29, 0.717) is 39.1 Å². The highest BCUT2D eigenvalue weighted by molar-refractivity contribution is 5.78. The van der Waals surface area contributed by atoms with Crippen LogP contribution >= 0.6 is 0 Å². The van der Waals surface area contributed by atoms with Crippen LogP contribution in [0, 0.1) is 0 Å². The fourth-order valence-corrected chi connectivity index (χ4v) is 2.62. The van der Waals surface area contributed by atoms with Gasteiger partial charge in [0.1, 0.15) is 0 Å². The van der Waals surface area contributed by atoms with E-state index in [1.54, 1.807) is 11.9 Å². The molecule has 0 spiro atoms. The summed E-state index contributed by atoms with van der Waals surface area (Å²) >= 11 is 0. The lowest BCUT2D eigenvalue weighted by Gasteiger charge is -2.36. The van der Waals surface area contributed by atoms with Crippen LogP contribution in [0.2, 0.25) is 0 Å². The van der Waals surface area contributed by atoms with Crippen molar-refractivity contribution in [1.82, 2.24) is 15.1 Å². The van der Waals surface area contributed by atoms with E-state index in [4.69, 9.17) is 4.74 Å². The number of likely N-dealkylation sites (N-methyl/N-ethyl adjacent to an activating group) is 1. The van der Waals surface area contributed by atoms with E-state index in [9.17, 15) is 9.90 Å². The van der Waals surface area contributed by atoms with E-state index < -0.39 is 5.60 Å². The molecule has 6 nitrogen and oxygen atoms in total. The van der Waals surface area contributed by atoms with E-state index >= 15 is 0 Å². The summed E-state index contributed by atoms with van der Waals surface area (Å²) in [6.45, 7) is 5.73. The maximum Gasteiger partial charge on any atom is 0.236 e. The fourth-order valence-electron chi connectivity index (χ4n) is 2.62. The molecule has 0 bridgehead atoms. The van der Waals surface area contributed by atoms with Gasteiger partial charge in [0.2, 0.25) is 5.91 Å². The standard InChI is InChI=1S/C13H25N3O3/c1-15(11-13(18)2-8-19-9-3-13)12(17)10-16-6-4-14-5-7-16/h14,18H,2-11H2,1H3. The molecule has 2 heterocycles. The summed E-state index contributed by atoms with van der Waals surface area (Å²) < 4.78 is 5.25. The Kier molecular flexibility index (Phi) is 5.15. The van der Waals surface area contributed by atoms with Gasteiger partial charge in [-0.25, -0.2) is 0 Å². The molecule has 2 fully saturated rings. The number of carbonyl (C=O) groups is 1. The zero-order chi connectivity index (χ0) is 13.7. The molecule has 2 N–H and O–H groups in total. The average molecular weight is 271 g/mol. The predicted molar refractivity (Wildman–Crippen MR) is 71.9 cm³/mol. The predicted octanol–water partition coefficient (Wildman–Crippen LogP) is -1.11. The van der Waals surface area contributed by atoms with Gasteiger partial charge in [-0.15, -0.1) is 0 Å². The van der Waals surface area contributed by atoms with E-state index in [1.807, 2.05) is 0 Å². The summed E-state index contributed by atoms with van der Waals surface area (Å²) in [5.74, 6) is 0.0850. The number of ether oxygens (including phenoxy) is 1. The van der Waals surface area contributed by atoms with Crippen molar-refractivity contribution in [3.63, 3.8) is 0 Å². The number of rotatable bonds is 4. The van der Waals surface area contributed by atoms with Crippen LogP contribution in [0.5, 0.6) is 0 Å². The maximum absolute atomic E-state index is 12.1. The number of carbonyl (C=O) groups excluding carboxylic acids is 1. The molecule has 6 heteroatoms. The van der Waals surface area contributed by atoms with Gasteiger partial charge in [0.15, 0.2) is 0 Å². The smallest absolute Gasteiger partial charge is 0.236 e. The molecular weight excluding hydrogens is 246 g/mol. The van der Waals surface area contributed by atoms with Crippen LogP contribution in [0.15, 0.2) is 0 Å². The van der Waals surface area contributed by atoms with Crippen LogP contribution < -0.4 is 5.32 Å². The zero-order valence-corrected chi connectivity index (χ0v) is 11.7. The highest BCUT2D eigenvalue weighted by atomic mass is 16.5. The minimum absolute atomic E-state index is 0.0850. The van der Waals surface area contributed by atoms with Crippen molar-refractivity contribution < 1.29 is 14.6 Å². The number of hydrogen-bond donors (Lipinski definition) is 2. The highest BCUT2D eigenvalue weighted by Crippen LogP contribution is 2.21. The molecule has 110 valence electrons. The van der Waals surface area contributed by atoms with Crippen molar-refractivity contribution in [3.8, 4) is 0 Å². The van der Waals surface area contributed by atoms with Crippen molar-refractivity contribution in [2.45, 2.75) is 18.4 Å². The van der Waals surface area contributed by atoms with Crippen LogP contribution in [-0.4, -0.2) is 85.9 Å². The van der Waals surface area contributed by atoms with Gasteiger partial charge in [-0.1, -0.05) is 0 Å². The molecule has 19 heavy (non-hydrogen) atoms. The molecule has 0 aromatic rings. The molecule has 0 atom stereocenters. The van der Waals surface area contributed by atoms with Gasteiger partial charge >= 0.3 is 0 Å². The first kappa shape index (κ1) is 14.7. The Bertz CT molecular complexity index is 300. The van der Waals surface area contributed by atoms with Crippen molar-refractivity contribution >= 4 is 5.91 Å². The van der Waals surface area contributed by atoms with Crippen LogP contribution in [-0.2, 0) is 9.53 Å². The molecule has 2 aliphatic heterocycles. The summed E-state index contributed by atoms with van der Waals surface area (Å²) in [4.78, 5) is 16.0. The molecule has 0 aromatic heterocycles. The Morgan fingerprint density at radius 3 is 2.63 bits per heavy atom. The molecule has 0 unspecified atom stereocenters. The summed E-state index contributed by atoms with van der Waals surface area (Å²) in [6, 6.07) is 0. The number of amides is 1. The highest BCUT2D eigenvalue weighted by Gasteiger charge is 2.32. The summed E-state index contributed by atoms with van der Waals surface area (Å²) in [6.07, 6.45) is 1.22. The van der Waals surface area contributed by atoms with Crippen molar-refractivity contribution in [1.29, 1.82) is 0 Å². The van der Waals surface area contributed by atoms with Gasteiger partial charge in [0.05, 0.1) is 12.1 Å². The third-order valence-corrected chi connectivity index (χ3v) is 3.95. The molecule has 0 saturated carbocycles. The van der Waals surface area contributed by atoms with Gasteiger partial charge in [-0.3, -0.25) is 9.69 Å². The first-order chi connectivity index (χ1) is 9.09. The van der Waals surface area contributed by atoms with E-state index in [1.165, 1.54) is 0 Å².